The van der Waals surface area contributed by atoms with Gasteiger partial charge in [0, 0.05) is 25.7 Å². The molecule has 2 rings (SSSR count). The van der Waals surface area contributed by atoms with Gasteiger partial charge in [-0.05, 0) is 19.3 Å². The van der Waals surface area contributed by atoms with Gasteiger partial charge in [0.1, 0.15) is 12.6 Å². The zero-order valence-electron chi connectivity index (χ0n) is 10.9. The van der Waals surface area contributed by atoms with Gasteiger partial charge >= 0.3 is 6.18 Å². The molecule has 5 nitrogen and oxygen atoms in total. The van der Waals surface area contributed by atoms with Crippen LogP contribution in [-0.2, 0) is 14.3 Å². The summed E-state index contributed by atoms with van der Waals surface area (Å²) in [6.45, 7) is -0.574. The van der Waals surface area contributed by atoms with Crippen molar-refractivity contribution in [3.8, 4) is 0 Å². The van der Waals surface area contributed by atoms with E-state index in [0.29, 0.717) is 26.1 Å². The second-order valence-corrected chi connectivity index (χ2v) is 5.08. The van der Waals surface area contributed by atoms with E-state index >= 15 is 0 Å². The van der Waals surface area contributed by atoms with Crippen LogP contribution >= 0.6 is 0 Å². The monoisotopic (exact) mass is 294 g/mol. The van der Waals surface area contributed by atoms with Crippen molar-refractivity contribution in [2.75, 3.05) is 19.8 Å². The van der Waals surface area contributed by atoms with Crippen LogP contribution in [0, 0.1) is 0 Å². The fourth-order valence-corrected chi connectivity index (χ4v) is 2.58. The second kappa shape index (κ2) is 5.99. The molecule has 2 heterocycles. The molecule has 2 amide bonds. The molecule has 0 aliphatic carbocycles. The Bertz CT molecular complexity index is 381. The van der Waals surface area contributed by atoms with Crippen molar-refractivity contribution in [1.29, 1.82) is 0 Å². The lowest BCUT2D eigenvalue weighted by atomic mass is 10.0. The first-order valence-corrected chi connectivity index (χ1v) is 6.61. The van der Waals surface area contributed by atoms with Gasteiger partial charge in [0.2, 0.25) is 11.8 Å². The zero-order chi connectivity index (χ0) is 14.8. The van der Waals surface area contributed by atoms with Crippen LogP contribution in [0.4, 0.5) is 13.2 Å². The number of rotatable bonds is 3. The number of carbonyl (C=O) groups is 2. The predicted octanol–water partition coefficient (Wildman–Crippen LogP) is 0.835. The maximum atomic E-state index is 12.7. The molecule has 1 unspecified atom stereocenters. The minimum atomic E-state index is -4.45. The minimum absolute atomic E-state index is 0.185. The van der Waals surface area contributed by atoms with Gasteiger partial charge in [-0.1, -0.05) is 0 Å². The van der Waals surface area contributed by atoms with Gasteiger partial charge < -0.3 is 15.0 Å². The molecule has 0 saturated carbocycles. The largest absolute Gasteiger partial charge is 0.406 e. The molecule has 114 valence electrons. The van der Waals surface area contributed by atoms with Crippen LogP contribution in [-0.4, -0.2) is 54.7 Å². The van der Waals surface area contributed by atoms with Gasteiger partial charge in [-0.2, -0.15) is 13.2 Å². The molecule has 2 saturated heterocycles. The third-order valence-corrected chi connectivity index (χ3v) is 3.56. The van der Waals surface area contributed by atoms with E-state index in [4.69, 9.17) is 4.74 Å². The number of nitrogens with zero attached hydrogens (tertiary/aromatic N) is 1. The van der Waals surface area contributed by atoms with Crippen LogP contribution in [0.2, 0.25) is 0 Å². The standard InChI is InChI=1S/C12H17F3N2O3/c13-12(14,15)7-17(8-3-5-20-6-4-8)11(19)9-1-2-10(18)16-9/h8-9H,1-7H2,(H,16,18). The number of amides is 2. The van der Waals surface area contributed by atoms with Gasteiger partial charge in [-0.3, -0.25) is 9.59 Å². The Morgan fingerprint density at radius 1 is 1.30 bits per heavy atom. The Balaban J connectivity index is 2.08. The average molecular weight is 294 g/mol. The fraction of sp³-hybridized carbons (Fsp3) is 0.833. The molecule has 0 spiro atoms. The maximum absolute atomic E-state index is 12.7. The summed E-state index contributed by atoms with van der Waals surface area (Å²) >= 11 is 0. The smallest absolute Gasteiger partial charge is 0.381 e. The van der Waals surface area contributed by atoms with Crippen LogP contribution in [0.15, 0.2) is 0 Å². The first-order chi connectivity index (χ1) is 9.37. The van der Waals surface area contributed by atoms with Crippen LogP contribution in [0.1, 0.15) is 25.7 Å². The van der Waals surface area contributed by atoms with E-state index in [0.717, 1.165) is 4.90 Å². The molecule has 1 N–H and O–H groups in total. The molecule has 0 aromatic heterocycles. The van der Waals surface area contributed by atoms with Crippen LogP contribution < -0.4 is 5.32 Å². The quantitative estimate of drug-likeness (QED) is 0.839. The number of ether oxygens (including phenoxy) is 1. The Morgan fingerprint density at radius 3 is 2.45 bits per heavy atom. The van der Waals surface area contributed by atoms with Crippen molar-refractivity contribution >= 4 is 11.8 Å². The van der Waals surface area contributed by atoms with E-state index in [1.807, 2.05) is 0 Å². The zero-order valence-corrected chi connectivity index (χ0v) is 10.9. The molecule has 0 radical (unpaired) electrons. The first-order valence-electron chi connectivity index (χ1n) is 6.61. The topological polar surface area (TPSA) is 58.6 Å². The molecule has 0 aromatic rings. The number of nitrogens with one attached hydrogen (secondary N) is 1. The van der Waals surface area contributed by atoms with Crippen molar-refractivity contribution in [2.24, 2.45) is 0 Å². The summed E-state index contributed by atoms with van der Waals surface area (Å²) in [4.78, 5) is 24.2. The lowest BCUT2D eigenvalue weighted by molar-refractivity contribution is -0.170. The summed E-state index contributed by atoms with van der Waals surface area (Å²) in [6.07, 6.45) is -3.22. The first kappa shape index (κ1) is 15.1. The SMILES string of the molecule is O=C1CCC(C(=O)N(CC(F)(F)F)C2CCOCC2)N1. The van der Waals surface area contributed by atoms with E-state index in [2.05, 4.69) is 5.32 Å². The summed E-state index contributed by atoms with van der Waals surface area (Å²) < 4.78 is 43.1. The molecule has 1 atom stereocenters. The normalized spacial score (nSPS) is 24.6. The number of hydrogen-bond acceptors (Lipinski definition) is 3. The van der Waals surface area contributed by atoms with Crippen molar-refractivity contribution in [2.45, 2.75) is 43.9 Å². The van der Waals surface area contributed by atoms with E-state index < -0.39 is 30.7 Å². The molecule has 0 bridgehead atoms. The summed E-state index contributed by atoms with van der Waals surface area (Å²) in [6, 6.07) is -1.30. The number of alkyl halides is 3. The fourth-order valence-electron chi connectivity index (χ4n) is 2.58. The Hall–Kier alpha value is -1.31. The third kappa shape index (κ3) is 3.84. The van der Waals surface area contributed by atoms with Crippen molar-refractivity contribution in [1.82, 2.24) is 10.2 Å². The summed E-state index contributed by atoms with van der Waals surface area (Å²) in [5.41, 5.74) is 0. The highest BCUT2D eigenvalue weighted by molar-refractivity contribution is 5.91. The third-order valence-electron chi connectivity index (χ3n) is 3.56. The van der Waals surface area contributed by atoms with E-state index in [1.54, 1.807) is 0 Å². The predicted molar refractivity (Wildman–Crippen MR) is 62.8 cm³/mol. The Kier molecular flexibility index (Phi) is 4.52. The Labute approximate surface area is 114 Å². The van der Waals surface area contributed by atoms with Crippen molar-refractivity contribution < 1.29 is 27.5 Å². The van der Waals surface area contributed by atoms with E-state index in [1.165, 1.54) is 0 Å². The van der Waals surface area contributed by atoms with Crippen LogP contribution in [0.3, 0.4) is 0 Å². The summed E-state index contributed by atoms with van der Waals surface area (Å²) in [7, 11) is 0. The number of halogens is 3. The lowest BCUT2D eigenvalue weighted by Gasteiger charge is -2.36. The van der Waals surface area contributed by atoms with Crippen molar-refractivity contribution in [3.63, 3.8) is 0 Å². The van der Waals surface area contributed by atoms with Crippen molar-refractivity contribution in [3.05, 3.63) is 0 Å². The molecular weight excluding hydrogens is 277 g/mol. The van der Waals surface area contributed by atoms with E-state index in [9.17, 15) is 22.8 Å². The number of carbonyl (C=O) groups excluding carboxylic acids is 2. The molecule has 2 aliphatic rings. The second-order valence-electron chi connectivity index (χ2n) is 5.08. The van der Waals surface area contributed by atoms with Gasteiger partial charge in [-0.15, -0.1) is 0 Å². The molecule has 20 heavy (non-hydrogen) atoms. The average Bonchev–Trinajstić information content (AvgIpc) is 2.82. The lowest BCUT2D eigenvalue weighted by Crippen LogP contribution is -2.53. The van der Waals surface area contributed by atoms with Gasteiger partial charge in [-0.25, -0.2) is 0 Å². The molecule has 8 heteroatoms. The highest BCUT2D eigenvalue weighted by Crippen LogP contribution is 2.24. The Morgan fingerprint density at radius 2 is 1.95 bits per heavy atom. The minimum Gasteiger partial charge on any atom is -0.381 e. The summed E-state index contributed by atoms with van der Waals surface area (Å²) in [5, 5.41) is 2.43. The van der Waals surface area contributed by atoms with Gasteiger partial charge in [0.25, 0.3) is 0 Å². The van der Waals surface area contributed by atoms with Gasteiger partial charge in [0.05, 0.1) is 0 Å². The summed E-state index contributed by atoms with van der Waals surface area (Å²) in [5.74, 6) is -0.928. The maximum Gasteiger partial charge on any atom is 0.406 e. The molecular formula is C12H17F3N2O3. The van der Waals surface area contributed by atoms with Gasteiger partial charge in [0.15, 0.2) is 0 Å². The molecule has 2 fully saturated rings. The van der Waals surface area contributed by atoms with E-state index in [-0.39, 0.29) is 18.7 Å². The molecule has 2 aliphatic heterocycles. The molecule has 0 aromatic carbocycles. The van der Waals surface area contributed by atoms with Crippen LogP contribution in [0.25, 0.3) is 0 Å². The number of hydrogen-bond donors (Lipinski definition) is 1. The van der Waals surface area contributed by atoms with Crippen LogP contribution in [0.5, 0.6) is 0 Å². The highest BCUT2D eigenvalue weighted by Gasteiger charge is 2.40. The highest BCUT2D eigenvalue weighted by atomic mass is 19.4.